The van der Waals surface area contributed by atoms with Crippen LogP contribution in [0.5, 0.6) is 23.0 Å². The molecule has 6 heteroatoms. The number of ether oxygens (including phenoxy) is 2. The molecular formula is C66H46N4O2. The molecule has 0 saturated carbocycles. The number of benzene rings is 11. The Hall–Kier alpha value is -9.78. The van der Waals surface area contributed by atoms with Crippen LogP contribution in [-0.4, -0.2) is 9.13 Å². The van der Waals surface area contributed by atoms with E-state index in [9.17, 15) is 0 Å². The molecule has 0 fully saturated rings. The molecule has 0 atom stereocenters. The lowest BCUT2D eigenvalue weighted by atomic mass is 10.1. The quantitative estimate of drug-likeness (QED) is 0.122. The third kappa shape index (κ3) is 7.83. The van der Waals surface area contributed by atoms with E-state index in [0.29, 0.717) is 0 Å². The highest BCUT2D eigenvalue weighted by molar-refractivity contribution is 6.12. The van der Waals surface area contributed by atoms with Crippen LogP contribution in [0.2, 0.25) is 0 Å². The molecule has 72 heavy (non-hydrogen) atoms. The van der Waals surface area contributed by atoms with Gasteiger partial charge in [0.2, 0.25) is 0 Å². The van der Waals surface area contributed by atoms with Crippen LogP contribution >= 0.6 is 0 Å². The molecule has 342 valence electrons. The lowest BCUT2D eigenvalue weighted by molar-refractivity contribution is 0.482. The highest BCUT2D eigenvalue weighted by Gasteiger charge is 2.21. The summed E-state index contributed by atoms with van der Waals surface area (Å²) in [7, 11) is 0. The molecule has 0 amide bonds. The van der Waals surface area contributed by atoms with Gasteiger partial charge in [0.05, 0.1) is 22.1 Å². The Kier molecular flexibility index (Phi) is 10.7. The minimum Gasteiger partial charge on any atom is -0.457 e. The average molecular weight is 927 g/mol. The van der Waals surface area contributed by atoms with E-state index in [0.717, 1.165) is 90.6 Å². The van der Waals surface area contributed by atoms with E-state index < -0.39 is 0 Å². The first kappa shape index (κ1) is 42.3. The molecule has 0 aliphatic heterocycles. The van der Waals surface area contributed by atoms with Crippen molar-refractivity contribution in [3.05, 3.63) is 279 Å². The molecule has 6 nitrogen and oxygen atoms in total. The molecular weight excluding hydrogens is 881 g/mol. The normalized spacial score (nSPS) is 11.3. The topological polar surface area (TPSA) is 34.8 Å². The Morgan fingerprint density at radius 1 is 0.222 bits per heavy atom. The van der Waals surface area contributed by atoms with E-state index >= 15 is 0 Å². The second kappa shape index (κ2) is 18.3. The molecule has 0 aliphatic rings. The van der Waals surface area contributed by atoms with Crippen molar-refractivity contribution in [3.63, 3.8) is 0 Å². The van der Waals surface area contributed by atoms with E-state index in [4.69, 9.17) is 9.47 Å². The zero-order valence-electron chi connectivity index (χ0n) is 39.2. The summed E-state index contributed by atoms with van der Waals surface area (Å²) >= 11 is 0. The Labute approximate surface area is 417 Å². The van der Waals surface area contributed by atoms with Crippen molar-refractivity contribution in [3.8, 4) is 34.4 Å². The lowest BCUT2D eigenvalue weighted by Gasteiger charge is -2.29. The number of nitrogens with zero attached hydrogens (tertiary/aromatic N) is 4. The fourth-order valence-electron chi connectivity index (χ4n) is 10.1. The van der Waals surface area contributed by atoms with Crippen molar-refractivity contribution in [2.24, 2.45) is 0 Å². The minimum absolute atomic E-state index is 0.765. The Bertz CT molecular complexity index is 3740. The SMILES string of the molecule is c1ccc(Oc2ccc(N(c3ccc(N(c4ccc(Oc5ccccc5)cc4)c4ccc5c(c4)c4ccccc4n5-c4ccccc4)cc3)c3ccc4c(c3)c3ccccc3n4-c3ccccc3)cc2)cc1. The minimum atomic E-state index is 0.765. The maximum absolute atomic E-state index is 6.28. The summed E-state index contributed by atoms with van der Waals surface area (Å²) in [6.45, 7) is 0. The number of aromatic nitrogens is 2. The molecule has 0 bridgehead atoms. The maximum Gasteiger partial charge on any atom is 0.127 e. The third-order valence-corrected chi connectivity index (χ3v) is 13.4. The largest absolute Gasteiger partial charge is 0.457 e. The van der Waals surface area contributed by atoms with Crippen LogP contribution in [0.4, 0.5) is 34.1 Å². The summed E-state index contributed by atoms with van der Waals surface area (Å²) in [6.07, 6.45) is 0. The van der Waals surface area contributed by atoms with Crippen LogP contribution in [0.3, 0.4) is 0 Å². The maximum atomic E-state index is 6.28. The van der Waals surface area contributed by atoms with Crippen molar-refractivity contribution in [2.45, 2.75) is 0 Å². The van der Waals surface area contributed by atoms with Crippen molar-refractivity contribution < 1.29 is 9.47 Å². The van der Waals surface area contributed by atoms with Crippen molar-refractivity contribution in [1.82, 2.24) is 9.13 Å². The van der Waals surface area contributed by atoms with E-state index in [1.807, 2.05) is 84.9 Å². The predicted octanol–water partition coefficient (Wildman–Crippen LogP) is 18.4. The van der Waals surface area contributed by atoms with Crippen molar-refractivity contribution >= 4 is 77.7 Å². The highest BCUT2D eigenvalue weighted by atomic mass is 16.5. The molecule has 0 unspecified atom stereocenters. The van der Waals surface area contributed by atoms with Crippen molar-refractivity contribution in [2.75, 3.05) is 9.80 Å². The van der Waals surface area contributed by atoms with Gasteiger partial charge in [-0.25, -0.2) is 0 Å². The molecule has 13 rings (SSSR count). The van der Waals surface area contributed by atoms with Gasteiger partial charge in [-0.2, -0.15) is 0 Å². The van der Waals surface area contributed by atoms with Crippen LogP contribution in [0, 0.1) is 0 Å². The van der Waals surface area contributed by atoms with Gasteiger partial charge in [-0.3, -0.25) is 0 Å². The van der Waals surface area contributed by atoms with Gasteiger partial charge < -0.3 is 28.4 Å². The first-order chi connectivity index (χ1) is 35.7. The fourth-order valence-corrected chi connectivity index (χ4v) is 10.1. The van der Waals surface area contributed by atoms with E-state index in [2.05, 4.69) is 213 Å². The summed E-state index contributed by atoms with van der Waals surface area (Å²) in [6, 6.07) is 97.6. The van der Waals surface area contributed by atoms with Gasteiger partial charge in [0.15, 0.2) is 0 Å². The molecule has 0 spiro atoms. The summed E-state index contributed by atoms with van der Waals surface area (Å²) in [5.41, 5.74) is 13.0. The van der Waals surface area contributed by atoms with Gasteiger partial charge in [-0.15, -0.1) is 0 Å². The summed E-state index contributed by atoms with van der Waals surface area (Å²) in [5, 5.41) is 4.74. The lowest BCUT2D eigenvalue weighted by Crippen LogP contribution is -2.12. The zero-order valence-corrected chi connectivity index (χ0v) is 39.2. The van der Waals surface area contributed by atoms with Gasteiger partial charge in [0.1, 0.15) is 23.0 Å². The van der Waals surface area contributed by atoms with E-state index in [1.54, 1.807) is 0 Å². The van der Waals surface area contributed by atoms with Gasteiger partial charge in [0, 0.05) is 67.0 Å². The standard InChI is InChI=1S/C66H46N4O2/c1-5-17-47(18-6-1)69-63-27-15-13-25-59(63)61-45-53(37-43-65(61)69)67(51-33-39-57(40-34-51)71-55-21-9-3-10-22-55)49-29-31-50(32-30-49)68(52-35-41-58(42-36-52)72-56-23-11-4-12-24-56)54-38-44-66-62(46-54)60-26-14-16-28-64(60)70(66)48-19-7-2-8-20-48/h1-46H. The van der Waals surface area contributed by atoms with Crippen LogP contribution in [0.1, 0.15) is 0 Å². The Balaban J connectivity index is 0.941. The molecule has 2 aromatic heterocycles. The predicted molar refractivity (Wildman–Crippen MR) is 298 cm³/mol. The van der Waals surface area contributed by atoms with Crippen molar-refractivity contribution in [1.29, 1.82) is 0 Å². The van der Waals surface area contributed by atoms with Crippen LogP contribution in [-0.2, 0) is 0 Å². The second-order valence-corrected chi connectivity index (χ2v) is 17.8. The Morgan fingerprint density at radius 2 is 0.500 bits per heavy atom. The van der Waals surface area contributed by atoms with Gasteiger partial charge in [0.25, 0.3) is 0 Å². The number of hydrogen-bond donors (Lipinski definition) is 0. The summed E-state index contributed by atoms with van der Waals surface area (Å²) in [5.74, 6) is 3.12. The monoisotopic (exact) mass is 926 g/mol. The first-order valence-corrected chi connectivity index (χ1v) is 24.2. The zero-order chi connectivity index (χ0) is 47.8. The van der Waals surface area contributed by atoms with Crippen LogP contribution in [0.15, 0.2) is 279 Å². The molecule has 0 aliphatic carbocycles. The summed E-state index contributed by atoms with van der Waals surface area (Å²) < 4.78 is 17.3. The molecule has 0 radical (unpaired) electrons. The van der Waals surface area contributed by atoms with Crippen LogP contribution in [0.25, 0.3) is 55.0 Å². The number of anilines is 6. The van der Waals surface area contributed by atoms with Gasteiger partial charge in [-0.05, 0) is 170 Å². The molecule has 0 N–H and O–H groups in total. The van der Waals surface area contributed by atoms with E-state index in [-0.39, 0.29) is 0 Å². The van der Waals surface area contributed by atoms with Crippen LogP contribution < -0.4 is 19.3 Å². The first-order valence-electron chi connectivity index (χ1n) is 24.2. The molecule has 0 saturated heterocycles. The molecule has 2 heterocycles. The fraction of sp³-hybridized carbons (Fsp3) is 0. The third-order valence-electron chi connectivity index (χ3n) is 13.4. The van der Waals surface area contributed by atoms with E-state index in [1.165, 1.54) is 21.5 Å². The van der Waals surface area contributed by atoms with Gasteiger partial charge >= 0.3 is 0 Å². The number of fused-ring (bicyclic) bond motifs is 6. The van der Waals surface area contributed by atoms with Gasteiger partial charge in [-0.1, -0.05) is 109 Å². The average Bonchev–Trinajstić information content (AvgIpc) is 3.96. The molecule has 13 aromatic rings. The Morgan fingerprint density at radius 3 is 0.875 bits per heavy atom. The second-order valence-electron chi connectivity index (χ2n) is 17.8. The summed E-state index contributed by atoms with van der Waals surface area (Å²) in [4.78, 5) is 4.66. The number of para-hydroxylation sites is 6. The number of hydrogen-bond acceptors (Lipinski definition) is 4. The molecule has 11 aromatic carbocycles. The highest BCUT2D eigenvalue weighted by Crippen LogP contribution is 2.44. The number of rotatable bonds is 12. The smallest absolute Gasteiger partial charge is 0.127 e.